The van der Waals surface area contributed by atoms with E-state index in [-0.39, 0.29) is 61.0 Å². The molecule has 0 unspecified atom stereocenters. The number of hydrogen-bond acceptors (Lipinski definition) is 3. The Bertz CT molecular complexity index is 6540. The quantitative estimate of drug-likeness (QED) is 0.142. The second-order valence-corrected chi connectivity index (χ2v) is 38.4. The summed E-state index contributed by atoms with van der Waals surface area (Å²) in [5.41, 5.74) is 25.8. The van der Waals surface area contributed by atoms with Crippen LogP contribution in [0.25, 0.3) is 99.5 Å². The summed E-state index contributed by atoms with van der Waals surface area (Å²) < 4.78 is 80.8. The van der Waals surface area contributed by atoms with E-state index >= 15 is 0 Å². The standard InChI is InChI=1S/C105H106BN5/c1-99(2,3)68-45-52-88-81(55-68)82-56-69(100(4,5)6)46-53-89(82)109(88)74-48-51-84-90(64-74)110(96-78(65-35-25-22-26-36-65)57-70(101(7,8)9)58-79(96)66-37-27-23-28-38-66)92-61-72(103(13,14)15)62-93-95(92)106(84)85-50-47-73(108-86-43-33-31-41-75(86)76-42-32-34-44-87(76)108)63-91(85)111(93)97-80(67-39-29-24-30-40-67)59-71(102(10,11)12)60-83(97)77-49-54-94(104(16,17)18)107-98(77)105(19,20)21/h22-64H,1-21H3/i31D,32D,33D,34D,41D,42D,43D,44D. The van der Waals surface area contributed by atoms with Crippen LogP contribution < -0.4 is 26.2 Å². The Morgan fingerprint density at radius 1 is 0.288 bits per heavy atom. The fourth-order valence-corrected chi connectivity index (χ4v) is 17.1. The van der Waals surface area contributed by atoms with Gasteiger partial charge < -0.3 is 18.9 Å². The lowest BCUT2D eigenvalue weighted by Gasteiger charge is -2.47. The Labute approximate surface area is 671 Å². The van der Waals surface area contributed by atoms with Gasteiger partial charge in [0, 0.05) is 100 Å². The number of hydrogen-bond donors (Lipinski definition) is 0. The summed E-state index contributed by atoms with van der Waals surface area (Å²) >= 11 is 0. The lowest BCUT2D eigenvalue weighted by atomic mass is 9.33. The maximum atomic E-state index is 10.0. The summed E-state index contributed by atoms with van der Waals surface area (Å²) in [6.07, 6.45) is 0. The third-order valence-corrected chi connectivity index (χ3v) is 23.3. The molecule has 0 N–H and O–H groups in total. The van der Waals surface area contributed by atoms with Gasteiger partial charge in [0.1, 0.15) is 0 Å². The SMILES string of the molecule is [2H]c1c([2H])c([2H])c2c(c1[2H])c1c([2H])c([2H])c([2H])c([2H])c1n2-c1ccc2c(c1)N(c1c(-c3ccccc3)cc(C(C)(C)C)cc1-c1ccc(C(C)(C)C)nc1C(C)(C)C)c1cc(C(C)(C)C)cc3c1B2c1ccc(-n2c4ccc(C(C)(C)C)cc4c4cc(C(C)(C)C)ccc42)cc1N3c1c(-c2ccccc2)cc(C(C)(C)C)cc1-c1ccccc1. The third kappa shape index (κ3) is 12.4. The second-order valence-electron chi connectivity index (χ2n) is 38.4. The zero-order valence-corrected chi connectivity index (χ0v) is 68.5. The maximum Gasteiger partial charge on any atom is 0.252 e. The lowest BCUT2D eigenvalue weighted by Crippen LogP contribution is -2.61. The fourth-order valence-electron chi connectivity index (χ4n) is 17.1. The second kappa shape index (κ2) is 25.8. The molecule has 2 aliphatic rings. The molecule has 0 saturated heterocycles. The van der Waals surface area contributed by atoms with Gasteiger partial charge in [-0.15, -0.1) is 0 Å². The van der Waals surface area contributed by atoms with Crippen LogP contribution in [-0.4, -0.2) is 20.8 Å². The summed E-state index contributed by atoms with van der Waals surface area (Å²) in [6.45, 7) is 47.3. The van der Waals surface area contributed by atoms with Gasteiger partial charge in [0.05, 0.1) is 50.1 Å². The summed E-state index contributed by atoms with van der Waals surface area (Å²) in [5, 5.41) is 2.38. The Morgan fingerprint density at radius 3 is 1.05 bits per heavy atom. The number of benzene rings is 12. The number of aromatic nitrogens is 3. The average molecular weight is 1460 g/mol. The monoisotopic (exact) mass is 1460 g/mol. The van der Waals surface area contributed by atoms with Crippen LogP contribution >= 0.6 is 0 Å². The summed E-state index contributed by atoms with van der Waals surface area (Å²) in [7, 11) is 0. The van der Waals surface area contributed by atoms with Crippen molar-refractivity contribution in [2.45, 2.75) is 183 Å². The topological polar surface area (TPSA) is 29.2 Å². The molecule has 17 rings (SSSR count). The maximum absolute atomic E-state index is 10.0. The van der Waals surface area contributed by atoms with Gasteiger partial charge in [-0.2, -0.15) is 0 Å². The first-order valence-corrected chi connectivity index (χ1v) is 39.6. The molecule has 0 aliphatic carbocycles. The lowest BCUT2D eigenvalue weighted by molar-refractivity contribution is 0.532. The Balaban J connectivity index is 1.11. The largest absolute Gasteiger partial charge is 0.310 e. The van der Waals surface area contributed by atoms with Crippen LogP contribution in [-0.2, 0) is 37.9 Å². The molecule has 15 aromatic rings. The molecule has 0 fully saturated rings. The molecule has 5 nitrogen and oxygen atoms in total. The van der Waals surface area contributed by atoms with Crippen LogP contribution in [0.3, 0.4) is 0 Å². The zero-order valence-electron chi connectivity index (χ0n) is 76.5. The van der Waals surface area contributed by atoms with Crippen LogP contribution in [0.4, 0.5) is 34.1 Å². The molecule has 0 saturated carbocycles. The van der Waals surface area contributed by atoms with Crippen molar-refractivity contribution in [3.8, 4) is 55.9 Å². The van der Waals surface area contributed by atoms with Crippen LogP contribution in [0.2, 0.25) is 0 Å². The molecule has 2 aliphatic heterocycles. The van der Waals surface area contributed by atoms with E-state index < -0.39 is 53.8 Å². The van der Waals surface area contributed by atoms with E-state index in [4.69, 9.17) is 4.98 Å². The van der Waals surface area contributed by atoms with Crippen molar-refractivity contribution in [2.75, 3.05) is 9.80 Å². The predicted molar refractivity (Wildman–Crippen MR) is 480 cm³/mol. The predicted octanol–water partition coefficient (Wildman–Crippen LogP) is 27.1. The molecule has 12 aromatic carbocycles. The molecule has 0 spiro atoms. The first-order valence-electron chi connectivity index (χ1n) is 43.6. The molecule has 0 amide bonds. The van der Waals surface area contributed by atoms with Crippen LogP contribution in [0.5, 0.6) is 0 Å². The minimum Gasteiger partial charge on any atom is -0.310 e. The highest BCUT2D eigenvalue weighted by Gasteiger charge is 2.47. The van der Waals surface area contributed by atoms with Crippen molar-refractivity contribution in [1.29, 1.82) is 0 Å². The number of para-hydroxylation sites is 2. The Morgan fingerprint density at radius 2 is 0.658 bits per heavy atom. The van der Waals surface area contributed by atoms with Gasteiger partial charge in [-0.3, -0.25) is 4.98 Å². The molecule has 3 aromatic heterocycles. The fraction of sp³-hybridized carbons (Fsp3) is 0.267. The van der Waals surface area contributed by atoms with E-state index in [2.05, 4.69) is 366 Å². The van der Waals surface area contributed by atoms with Crippen molar-refractivity contribution >= 4 is 101 Å². The normalized spacial score (nSPS) is 14.6. The van der Waals surface area contributed by atoms with Crippen LogP contribution in [0, 0.1) is 0 Å². The van der Waals surface area contributed by atoms with Crippen molar-refractivity contribution < 1.29 is 11.0 Å². The van der Waals surface area contributed by atoms with Gasteiger partial charge >= 0.3 is 0 Å². The minimum absolute atomic E-state index is 0.00892. The van der Waals surface area contributed by atoms with E-state index in [0.717, 1.165) is 134 Å². The molecule has 0 radical (unpaired) electrons. The first kappa shape index (κ1) is 63.8. The average Bonchev–Trinajstić information content (AvgIpc) is 1.21. The Kier molecular flexibility index (Phi) is 14.8. The van der Waals surface area contributed by atoms with E-state index in [1.54, 1.807) is 4.57 Å². The molecule has 554 valence electrons. The molecule has 5 heterocycles. The Hall–Kier alpha value is -10.9. The molecular formula is C105H106BN5. The minimum atomic E-state index is -0.534. The highest BCUT2D eigenvalue weighted by molar-refractivity contribution is 7.00. The number of pyridine rings is 1. The van der Waals surface area contributed by atoms with Gasteiger partial charge in [-0.1, -0.05) is 303 Å². The van der Waals surface area contributed by atoms with E-state index in [9.17, 15) is 11.0 Å². The van der Waals surface area contributed by atoms with E-state index in [1.807, 2.05) is 6.07 Å². The first-order chi connectivity index (χ1) is 55.8. The zero-order chi connectivity index (χ0) is 85.1. The van der Waals surface area contributed by atoms with Gasteiger partial charge in [-0.25, -0.2) is 0 Å². The molecule has 6 heteroatoms. The number of nitrogens with zero attached hydrogens (tertiary/aromatic N) is 5. The van der Waals surface area contributed by atoms with E-state index in [0.29, 0.717) is 5.69 Å². The van der Waals surface area contributed by atoms with Crippen molar-refractivity contribution in [1.82, 2.24) is 14.1 Å². The third-order valence-electron chi connectivity index (χ3n) is 23.3. The highest BCUT2D eigenvalue weighted by Crippen LogP contribution is 2.57. The number of fused-ring (bicyclic) bond motifs is 10. The molecule has 0 bridgehead atoms. The van der Waals surface area contributed by atoms with Crippen molar-refractivity contribution in [2.24, 2.45) is 0 Å². The summed E-state index contributed by atoms with van der Waals surface area (Å²) in [6, 6.07) is 75.8. The van der Waals surface area contributed by atoms with Crippen molar-refractivity contribution in [3.63, 3.8) is 0 Å². The van der Waals surface area contributed by atoms with Gasteiger partial charge in [0.2, 0.25) is 0 Å². The van der Waals surface area contributed by atoms with E-state index in [1.165, 1.54) is 27.5 Å². The summed E-state index contributed by atoms with van der Waals surface area (Å²) in [5.74, 6) is 0. The van der Waals surface area contributed by atoms with Gasteiger partial charge in [0.25, 0.3) is 6.71 Å². The van der Waals surface area contributed by atoms with Gasteiger partial charge in [0.15, 0.2) is 0 Å². The van der Waals surface area contributed by atoms with Crippen LogP contribution in [0.15, 0.2) is 261 Å². The number of anilines is 6. The molecule has 111 heavy (non-hydrogen) atoms. The smallest absolute Gasteiger partial charge is 0.252 e. The highest BCUT2D eigenvalue weighted by atomic mass is 15.2. The van der Waals surface area contributed by atoms with Gasteiger partial charge in [-0.05, 0) is 191 Å². The van der Waals surface area contributed by atoms with Crippen LogP contribution in [0.1, 0.15) is 196 Å². The molecule has 0 atom stereocenters. The summed E-state index contributed by atoms with van der Waals surface area (Å²) in [4.78, 5) is 10.9. The molecular weight excluding hydrogens is 1340 g/mol. The van der Waals surface area contributed by atoms with Crippen molar-refractivity contribution in [3.05, 3.63) is 300 Å². The number of rotatable bonds is 8.